The second-order valence-electron chi connectivity index (χ2n) is 6.19. The molecular formula is C19H16BrN3O4S. The summed E-state index contributed by atoms with van der Waals surface area (Å²) in [4.78, 5) is 31.1. The third kappa shape index (κ3) is 4.00. The summed E-state index contributed by atoms with van der Waals surface area (Å²) >= 11 is 4.64. The molecule has 4 rings (SSSR count). The fourth-order valence-corrected chi connectivity index (χ4v) is 4.22. The van der Waals surface area contributed by atoms with Crippen LogP contribution < -0.4 is 14.8 Å². The normalized spacial score (nSPS) is 19.8. The average molecular weight is 462 g/mol. The van der Waals surface area contributed by atoms with Crippen LogP contribution in [0.2, 0.25) is 0 Å². The van der Waals surface area contributed by atoms with Gasteiger partial charge in [-0.3, -0.25) is 14.5 Å². The van der Waals surface area contributed by atoms with Gasteiger partial charge in [0.25, 0.3) is 0 Å². The molecule has 1 N–H and O–H groups in total. The standard InChI is InChI=1S/C19H16BrN3O4S/c1-23-17(24)9-16(18(25)21-12-4-2-3-11(20)7-12)28-19(23)22-13-5-6-14-15(8-13)27-10-26-14/h2-8,16H,9-10H2,1H3,(H,21,25). The Labute approximate surface area is 174 Å². The van der Waals surface area contributed by atoms with Crippen LogP contribution in [0, 0.1) is 0 Å². The van der Waals surface area contributed by atoms with Gasteiger partial charge in [-0.15, -0.1) is 0 Å². The van der Waals surface area contributed by atoms with E-state index in [-0.39, 0.29) is 25.0 Å². The number of anilines is 1. The smallest absolute Gasteiger partial charge is 0.238 e. The first-order valence-corrected chi connectivity index (χ1v) is 10.1. The number of ether oxygens (including phenoxy) is 2. The number of halogens is 1. The molecule has 7 nitrogen and oxygen atoms in total. The Kier molecular flexibility index (Phi) is 5.27. The molecule has 28 heavy (non-hydrogen) atoms. The Hall–Kier alpha value is -2.52. The fraction of sp³-hybridized carbons (Fsp3) is 0.211. The summed E-state index contributed by atoms with van der Waals surface area (Å²) in [6, 6.07) is 12.6. The Balaban J connectivity index is 1.53. The van der Waals surface area contributed by atoms with Crippen LogP contribution in [0.5, 0.6) is 11.5 Å². The maximum Gasteiger partial charge on any atom is 0.238 e. The molecule has 2 aromatic carbocycles. The van der Waals surface area contributed by atoms with E-state index in [4.69, 9.17) is 9.47 Å². The average Bonchev–Trinajstić information content (AvgIpc) is 3.13. The van der Waals surface area contributed by atoms with Crippen LogP contribution in [-0.4, -0.2) is 41.0 Å². The van der Waals surface area contributed by atoms with Crippen molar-refractivity contribution in [1.82, 2.24) is 4.90 Å². The van der Waals surface area contributed by atoms with Gasteiger partial charge in [-0.05, 0) is 30.3 Å². The number of fused-ring (bicyclic) bond motifs is 1. The highest BCUT2D eigenvalue weighted by molar-refractivity contribution is 9.10. The van der Waals surface area contributed by atoms with Crippen molar-refractivity contribution in [2.75, 3.05) is 19.2 Å². The molecule has 1 unspecified atom stereocenters. The predicted octanol–water partition coefficient (Wildman–Crippen LogP) is 3.77. The zero-order chi connectivity index (χ0) is 19.7. The third-order valence-corrected chi connectivity index (χ3v) is 5.97. The van der Waals surface area contributed by atoms with Gasteiger partial charge in [0.2, 0.25) is 18.6 Å². The van der Waals surface area contributed by atoms with Gasteiger partial charge in [0.15, 0.2) is 16.7 Å². The molecule has 1 atom stereocenters. The van der Waals surface area contributed by atoms with Crippen molar-refractivity contribution in [2.45, 2.75) is 11.7 Å². The van der Waals surface area contributed by atoms with Gasteiger partial charge < -0.3 is 14.8 Å². The molecule has 2 amide bonds. The Morgan fingerprint density at radius 1 is 1.25 bits per heavy atom. The second-order valence-corrected chi connectivity index (χ2v) is 8.28. The van der Waals surface area contributed by atoms with Crippen LogP contribution >= 0.6 is 27.7 Å². The Bertz CT molecular complexity index is 981. The first-order chi connectivity index (χ1) is 13.5. The third-order valence-electron chi connectivity index (χ3n) is 4.23. The lowest BCUT2D eigenvalue weighted by Gasteiger charge is -2.28. The van der Waals surface area contributed by atoms with Crippen LogP contribution in [-0.2, 0) is 9.59 Å². The van der Waals surface area contributed by atoms with E-state index in [1.807, 2.05) is 12.1 Å². The van der Waals surface area contributed by atoms with Gasteiger partial charge in [-0.1, -0.05) is 33.8 Å². The van der Waals surface area contributed by atoms with Crippen molar-refractivity contribution in [3.63, 3.8) is 0 Å². The van der Waals surface area contributed by atoms with Crippen molar-refractivity contribution < 1.29 is 19.1 Å². The van der Waals surface area contributed by atoms with E-state index in [0.717, 1.165) is 4.47 Å². The molecule has 0 bridgehead atoms. The number of aliphatic imine (C=N–C) groups is 1. The van der Waals surface area contributed by atoms with Gasteiger partial charge in [0.1, 0.15) is 5.25 Å². The Morgan fingerprint density at radius 3 is 2.89 bits per heavy atom. The highest BCUT2D eigenvalue weighted by Crippen LogP contribution is 2.36. The van der Waals surface area contributed by atoms with E-state index in [1.54, 1.807) is 37.4 Å². The summed E-state index contributed by atoms with van der Waals surface area (Å²) in [6.45, 7) is 0.181. The lowest BCUT2D eigenvalue weighted by molar-refractivity contribution is -0.128. The lowest BCUT2D eigenvalue weighted by Crippen LogP contribution is -2.43. The number of benzene rings is 2. The molecule has 0 spiro atoms. The minimum Gasteiger partial charge on any atom is -0.454 e. The molecule has 1 saturated heterocycles. The molecule has 1 fully saturated rings. The molecular weight excluding hydrogens is 446 g/mol. The SMILES string of the molecule is CN1C(=O)CC(C(=O)Nc2cccc(Br)c2)SC1=Nc1ccc2c(c1)OCO2. The fourth-order valence-electron chi connectivity index (χ4n) is 2.75. The van der Waals surface area contributed by atoms with Gasteiger partial charge in [-0.25, -0.2) is 4.99 Å². The molecule has 2 aliphatic rings. The van der Waals surface area contributed by atoms with Crippen LogP contribution in [0.15, 0.2) is 51.9 Å². The largest absolute Gasteiger partial charge is 0.454 e. The summed E-state index contributed by atoms with van der Waals surface area (Å²) in [5.74, 6) is 0.882. The highest BCUT2D eigenvalue weighted by atomic mass is 79.9. The van der Waals surface area contributed by atoms with E-state index in [2.05, 4.69) is 26.2 Å². The number of nitrogens with one attached hydrogen (secondary N) is 1. The molecule has 144 valence electrons. The van der Waals surface area contributed by atoms with Gasteiger partial charge >= 0.3 is 0 Å². The molecule has 0 saturated carbocycles. The van der Waals surface area contributed by atoms with Crippen molar-refractivity contribution >= 4 is 56.0 Å². The highest BCUT2D eigenvalue weighted by Gasteiger charge is 2.34. The van der Waals surface area contributed by atoms with E-state index in [9.17, 15) is 9.59 Å². The van der Waals surface area contributed by atoms with Crippen LogP contribution in [0.1, 0.15) is 6.42 Å². The summed E-state index contributed by atoms with van der Waals surface area (Å²) in [5.41, 5.74) is 1.29. The summed E-state index contributed by atoms with van der Waals surface area (Å²) < 4.78 is 11.5. The number of amides is 2. The van der Waals surface area contributed by atoms with Crippen LogP contribution in [0.3, 0.4) is 0 Å². The van der Waals surface area contributed by atoms with Gasteiger partial charge in [-0.2, -0.15) is 0 Å². The van der Waals surface area contributed by atoms with Crippen molar-refractivity contribution in [3.05, 3.63) is 46.9 Å². The van der Waals surface area contributed by atoms with Crippen molar-refractivity contribution in [3.8, 4) is 11.5 Å². The molecule has 2 aromatic rings. The maximum atomic E-state index is 12.7. The minimum atomic E-state index is -0.560. The summed E-state index contributed by atoms with van der Waals surface area (Å²) in [7, 11) is 1.66. The summed E-state index contributed by atoms with van der Waals surface area (Å²) in [5, 5.41) is 2.76. The number of hydrogen-bond acceptors (Lipinski definition) is 6. The monoisotopic (exact) mass is 461 g/mol. The van der Waals surface area contributed by atoms with Crippen molar-refractivity contribution in [1.29, 1.82) is 0 Å². The Morgan fingerprint density at radius 2 is 2.07 bits per heavy atom. The van der Waals surface area contributed by atoms with E-state index >= 15 is 0 Å². The quantitative estimate of drug-likeness (QED) is 0.752. The first-order valence-electron chi connectivity index (χ1n) is 8.47. The van der Waals surface area contributed by atoms with Crippen LogP contribution in [0.25, 0.3) is 0 Å². The van der Waals surface area contributed by atoms with Crippen LogP contribution in [0.4, 0.5) is 11.4 Å². The number of carbonyl (C=O) groups excluding carboxylic acids is 2. The molecule has 2 heterocycles. The topological polar surface area (TPSA) is 80.2 Å². The lowest BCUT2D eigenvalue weighted by atomic mass is 10.2. The predicted molar refractivity (Wildman–Crippen MR) is 111 cm³/mol. The zero-order valence-electron chi connectivity index (χ0n) is 14.8. The number of thioether (sulfide) groups is 1. The summed E-state index contributed by atoms with van der Waals surface area (Å²) in [6.07, 6.45) is 0.112. The first kappa shape index (κ1) is 18.8. The minimum absolute atomic E-state index is 0.112. The van der Waals surface area contributed by atoms with Gasteiger partial charge in [0.05, 0.1) is 5.69 Å². The molecule has 0 radical (unpaired) electrons. The molecule has 2 aliphatic heterocycles. The van der Waals surface area contributed by atoms with E-state index < -0.39 is 5.25 Å². The second kappa shape index (κ2) is 7.84. The van der Waals surface area contributed by atoms with Crippen molar-refractivity contribution in [2.24, 2.45) is 4.99 Å². The van der Waals surface area contributed by atoms with Gasteiger partial charge in [0, 0.05) is 29.7 Å². The number of hydrogen-bond donors (Lipinski definition) is 1. The number of amidine groups is 1. The number of nitrogens with zero attached hydrogens (tertiary/aromatic N) is 2. The number of carbonyl (C=O) groups is 2. The zero-order valence-corrected chi connectivity index (χ0v) is 17.2. The molecule has 0 aromatic heterocycles. The maximum absolute atomic E-state index is 12.7. The molecule has 0 aliphatic carbocycles. The van der Waals surface area contributed by atoms with E-state index in [0.29, 0.717) is 28.0 Å². The van der Waals surface area contributed by atoms with E-state index in [1.165, 1.54) is 16.7 Å². The number of rotatable bonds is 3. The molecule has 9 heteroatoms.